The number of hydrogen-bond donors (Lipinski definition) is 2. The monoisotopic (exact) mass is 433 g/mol. The fourth-order valence-electron chi connectivity index (χ4n) is 4.13. The summed E-state index contributed by atoms with van der Waals surface area (Å²) in [6.07, 6.45) is -0.192. The van der Waals surface area contributed by atoms with E-state index in [2.05, 4.69) is 30.7 Å². The topological polar surface area (TPSA) is 79.6 Å². The van der Waals surface area contributed by atoms with Crippen molar-refractivity contribution in [2.45, 2.75) is 25.3 Å². The summed E-state index contributed by atoms with van der Waals surface area (Å²) in [5.41, 5.74) is 6.93. The lowest BCUT2D eigenvalue weighted by Crippen LogP contribution is -2.51. The number of fused-ring (bicyclic) bond motifs is 1. The zero-order valence-corrected chi connectivity index (χ0v) is 16.8. The van der Waals surface area contributed by atoms with Crippen LogP contribution in [0.3, 0.4) is 0 Å². The van der Waals surface area contributed by atoms with Gasteiger partial charge in [0.25, 0.3) is 0 Å². The second kappa shape index (κ2) is 7.74. The number of ether oxygens (including phenoxy) is 1. The Hall–Kier alpha value is -2.76. The fraction of sp³-hybridized carbons (Fsp3) is 0.450. The van der Waals surface area contributed by atoms with E-state index >= 15 is 0 Å². The molecule has 8 nitrogen and oxygen atoms in total. The third kappa shape index (κ3) is 3.95. The summed E-state index contributed by atoms with van der Waals surface area (Å²) in [5.74, 6) is 0.867. The highest BCUT2D eigenvalue weighted by atomic mass is 19.4. The molecule has 5 rings (SSSR count). The average Bonchev–Trinajstić information content (AvgIpc) is 3.42. The van der Waals surface area contributed by atoms with Crippen molar-refractivity contribution in [3.05, 3.63) is 42.4 Å². The van der Waals surface area contributed by atoms with Gasteiger partial charge in [-0.25, -0.2) is 15.0 Å². The predicted molar refractivity (Wildman–Crippen MR) is 107 cm³/mol. The van der Waals surface area contributed by atoms with Gasteiger partial charge in [-0.3, -0.25) is 15.3 Å². The highest BCUT2D eigenvalue weighted by Gasteiger charge is 2.34. The van der Waals surface area contributed by atoms with Crippen LogP contribution in [0.4, 0.5) is 19.1 Å². The Morgan fingerprint density at radius 3 is 2.68 bits per heavy atom. The normalized spacial score (nSPS) is 23.0. The first-order valence-corrected chi connectivity index (χ1v) is 10.1. The molecule has 2 saturated heterocycles. The summed E-state index contributed by atoms with van der Waals surface area (Å²) in [6, 6.07) is 4.06. The van der Waals surface area contributed by atoms with Gasteiger partial charge < -0.3 is 9.64 Å². The van der Waals surface area contributed by atoms with Gasteiger partial charge in [0.15, 0.2) is 0 Å². The van der Waals surface area contributed by atoms with Crippen molar-refractivity contribution >= 4 is 11.6 Å². The lowest BCUT2D eigenvalue weighted by atomic mass is 10.0. The number of alkyl halides is 3. The van der Waals surface area contributed by atoms with Crippen LogP contribution in [0, 0.1) is 5.92 Å². The molecule has 11 heteroatoms. The fourth-order valence-corrected chi connectivity index (χ4v) is 4.13. The first-order chi connectivity index (χ1) is 14.9. The molecular weight excluding hydrogens is 411 g/mol. The number of hydrazine groups is 1. The van der Waals surface area contributed by atoms with Crippen LogP contribution in [0.15, 0.2) is 36.8 Å². The van der Waals surface area contributed by atoms with Gasteiger partial charge in [0.2, 0.25) is 5.95 Å². The molecule has 0 spiro atoms. The Labute approximate surface area is 176 Å². The van der Waals surface area contributed by atoms with Crippen molar-refractivity contribution in [1.82, 2.24) is 30.2 Å². The minimum Gasteiger partial charge on any atom is -0.371 e. The summed E-state index contributed by atoms with van der Waals surface area (Å²) < 4.78 is 47.1. The molecule has 0 aromatic carbocycles. The first kappa shape index (κ1) is 20.2. The van der Waals surface area contributed by atoms with Crippen LogP contribution in [0.5, 0.6) is 0 Å². The minimum atomic E-state index is -4.44. The second-order valence-electron chi connectivity index (χ2n) is 7.94. The van der Waals surface area contributed by atoms with E-state index in [4.69, 9.17) is 4.74 Å². The SMILES string of the molecule is C[C@@H]1CN(c2nccc(-c3cnc4ccc(C(F)(F)F)cn34)n2)C[C@@H](C2CNNC2)O1. The van der Waals surface area contributed by atoms with Crippen LogP contribution < -0.4 is 15.8 Å². The average molecular weight is 433 g/mol. The zero-order valence-electron chi connectivity index (χ0n) is 16.8. The van der Waals surface area contributed by atoms with Crippen LogP contribution in [-0.2, 0) is 10.9 Å². The van der Waals surface area contributed by atoms with E-state index in [-0.39, 0.29) is 12.2 Å². The maximum Gasteiger partial charge on any atom is 0.417 e. The quantitative estimate of drug-likeness (QED) is 0.655. The van der Waals surface area contributed by atoms with E-state index in [1.807, 2.05) is 6.92 Å². The number of hydrogen-bond acceptors (Lipinski definition) is 7. The van der Waals surface area contributed by atoms with Crippen LogP contribution >= 0.6 is 0 Å². The Morgan fingerprint density at radius 2 is 1.90 bits per heavy atom. The first-order valence-electron chi connectivity index (χ1n) is 10.1. The number of rotatable bonds is 3. The standard InChI is InChI=1S/C20H22F3N7O/c1-12-9-29(11-17(31-12)13-6-26-27-7-13)19-24-5-4-15(28-19)16-8-25-18-3-2-14(10-30(16)18)20(21,22)23/h2-5,8,10,12-13,17,26-27H,6-7,9,11H2,1H3/t12-,17+/m1/s1. The lowest BCUT2D eigenvalue weighted by molar-refractivity contribution is -0.137. The number of anilines is 1. The van der Waals surface area contributed by atoms with Crippen LogP contribution in [0.1, 0.15) is 12.5 Å². The van der Waals surface area contributed by atoms with Gasteiger partial charge in [-0.2, -0.15) is 13.2 Å². The summed E-state index contributed by atoms with van der Waals surface area (Å²) in [6.45, 7) is 4.96. The van der Waals surface area contributed by atoms with E-state index in [1.165, 1.54) is 16.7 Å². The van der Waals surface area contributed by atoms with E-state index in [1.54, 1.807) is 12.3 Å². The Balaban J connectivity index is 1.46. The molecule has 0 unspecified atom stereocenters. The maximum atomic E-state index is 13.2. The van der Waals surface area contributed by atoms with Crippen molar-refractivity contribution in [2.24, 2.45) is 5.92 Å². The molecule has 2 aliphatic heterocycles. The second-order valence-corrected chi connectivity index (χ2v) is 7.94. The molecular formula is C20H22F3N7O. The van der Waals surface area contributed by atoms with Crippen molar-refractivity contribution < 1.29 is 17.9 Å². The third-order valence-electron chi connectivity index (χ3n) is 5.69. The van der Waals surface area contributed by atoms with Gasteiger partial charge in [0.05, 0.1) is 35.4 Å². The predicted octanol–water partition coefficient (Wildman–Crippen LogP) is 2.13. The van der Waals surface area contributed by atoms with Gasteiger partial charge in [-0.1, -0.05) is 0 Å². The molecule has 0 radical (unpaired) electrons. The number of nitrogens with zero attached hydrogens (tertiary/aromatic N) is 5. The summed E-state index contributed by atoms with van der Waals surface area (Å²) in [4.78, 5) is 15.4. The maximum absolute atomic E-state index is 13.2. The molecule has 2 aliphatic rings. The van der Waals surface area contributed by atoms with Crippen molar-refractivity contribution in [2.75, 3.05) is 31.1 Å². The molecule has 5 heterocycles. The van der Waals surface area contributed by atoms with Crippen molar-refractivity contribution in [3.8, 4) is 11.4 Å². The number of pyridine rings is 1. The highest BCUT2D eigenvalue weighted by Crippen LogP contribution is 2.31. The molecule has 164 valence electrons. The molecule has 0 saturated carbocycles. The van der Waals surface area contributed by atoms with Crippen LogP contribution in [0.2, 0.25) is 0 Å². The molecule has 2 N–H and O–H groups in total. The summed E-state index contributed by atoms with van der Waals surface area (Å²) in [5, 5.41) is 0. The Kier molecular flexibility index (Phi) is 5.03. The molecule has 2 atom stereocenters. The molecule has 0 amide bonds. The summed E-state index contributed by atoms with van der Waals surface area (Å²) >= 11 is 0. The molecule has 3 aromatic rings. The van der Waals surface area contributed by atoms with Crippen molar-refractivity contribution in [3.63, 3.8) is 0 Å². The Bertz CT molecular complexity index is 1080. The third-order valence-corrected chi connectivity index (χ3v) is 5.69. The lowest BCUT2D eigenvalue weighted by Gasteiger charge is -2.39. The largest absolute Gasteiger partial charge is 0.417 e. The van der Waals surface area contributed by atoms with E-state index < -0.39 is 11.7 Å². The number of imidazole rings is 1. The molecule has 0 bridgehead atoms. The number of halogens is 3. The van der Waals surface area contributed by atoms with E-state index in [0.717, 1.165) is 25.4 Å². The van der Waals surface area contributed by atoms with E-state index in [0.29, 0.717) is 42.0 Å². The highest BCUT2D eigenvalue weighted by molar-refractivity contribution is 5.61. The summed E-state index contributed by atoms with van der Waals surface area (Å²) in [7, 11) is 0. The molecule has 31 heavy (non-hydrogen) atoms. The smallest absolute Gasteiger partial charge is 0.371 e. The van der Waals surface area contributed by atoms with Crippen LogP contribution in [-0.4, -0.2) is 57.7 Å². The van der Waals surface area contributed by atoms with Crippen LogP contribution in [0.25, 0.3) is 17.0 Å². The Morgan fingerprint density at radius 1 is 1.10 bits per heavy atom. The number of morpholine rings is 1. The van der Waals surface area contributed by atoms with Gasteiger partial charge in [0, 0.05) is 44.5 Å². The number of nitrogens with one attached hydrogen (secondary N) is 2. The number of aromatic nitrogens is 4. The molecule has 3 aromatic heterocycles. The van der Waals surface area contributed by atoms with Gasteiger partial charge >= 0.3 is 6.18 Å². The van der Waals surface area contributed by atoms with Gasteiger partial charge in [0.1, 0.15) is 5.65 Å². The minimum absolute atomic E-state index is 0.0109. The van der Waals surface area contributed by atoms with Gasteiger partial charge in [-0.15, -0.1) is 0 Å². The zero-order chi connectivity index (χ0) is 21.6. The molecule has 0 aliphatic carbocycles. The van der Waals surface area contributed by atoms with E-state index in [9.17, 15) is 13.2 Å². The van der Waals surface area contributed by atoms with Crippen molar-refractivity contribution in [1.29, 1.82) is 0 Å². The van der Waals surface area contributed by atoms with Gasteiger partial charge in [-0.05, 0) is 25.1 Å². The molecule has 2 fully saturated rings.